The first-order valence-electron chi connectivity index (χ1n) is 6.81. The molecule has 2 saturated heterocycles. The van der Waals surface area contributed by atoms with Crippen LogP contribution in [0, 0.1) is 11.8 Å². The van der Waals surface area contributed by atoms with E-state index in [2.05, 4.69) is 24.1 Å². The number of unbranched alkanes of at least 4 members (excludes halogenated alkanes) is 2. The third-order valence-electron chi connectivity index (χ3n) is 4.29. The van der Waals surface area contributed by atoms with E-state index >= 15 is 0 Å². The van der Waals surface area contributed by atoms with Crippen LogP contribution in [0.15, 0.2) is 0 Å². The van der Waals surface area contributed by atoms with Crippen LogP contribution in [0.1, 0.15) is 39.5 Å². The van der Waals surface area contributed by atoms with Gasteiger partial charge in [0.05, 0.1) is 0 Å². The van der Waals surface area contributed by atoms with Crippen LogP contribution in [0.25, 0.3) is 0 Å². The molecular weight excluding hydrogens is 184 g/mol. The molecule has 0 aromatic rings. The molecule has 1 N–H and O–H groups in total. The first-order chi connectivity index (χ1) is 7.36. The van der Waals surface area contributed by atoms with Gasteiger partial charge in [-0.3, -0.25) is 4.90 Å². The van der Waals surface area contributed by atoms with Crippen molar-refractivity contribution < 1.29 is 0 Å². The molecule has 2 heterocycles. The lowest BCUT2D eigenvalue weighted by Gasteiger charge is -2.26. The number of fused-ring (bicyclic) bond motifs is 1. The average Bonchev–Trinajstić information content (AvgIpc) is 2.77. The van der Waals surface area contributed by atoms with E-state index in [4.69, 9.17) is 0 Å². The highest BCUT2D eigenvalue weighted by atomic mass is 15.2. The number of rotatable bonds is 5. The molecular formula is C13H26N2. The molecule has 3 atom stereocenters. The Morgan fingerprint density at radius 1 is 1.20 bits per heavy atom. The molecule has 0 aliphatic carbocycles. The van der Waals surface area contributed by atoms with Gasteiger partial charge in [-0.1, -0.05) is 26.7 Å². The maximum absolute atomic E-state index is 3.55. The number of hydrogen-bond donors (Lipinski definition) is 1. The van der Waals surface area contributed by atoms with Gasteiger partial charge >= 0.3 is 0 Å². The molecule has 2 heteroatoms. The fraction of sp³-hybridized carbons (Fsp3) is 1.00. The maximum atomic E-state index is 3.55. The average molecular weight is 210 g/mol. The highest BCUT2D eigenvalue weighted by Crippen LogP contribution is 2.34. The molecule has 0 aromatic carbocycles. The fourth-order valence-electron chi connectivity index (χ4n) is 3.49. The standard InChI is InChI=1S/C13H26N2/c1-3-5-6-7-15-10-11-8-14-9-12(11)13(15)4-2/h11-14H,3-10H2,1-2H3. The largest absolute Gasteiger partial charge is 0.316 e. The lowest BCUT2D eigenvalue weighted by molar-refractivity contribution is 0.214. The Balaban J connectivity index is 1.84. The minimum atomic E-state index is 0.877. The van der Waals surface area contributed by atoms with Crippen LogP contribution in [0.4, 0.5) is 0 Å². The Labute approximate surface area is 94.4 Å². The van der Waals surface area contributed by atoms with E-state index in [1.54, 1.807) is 0 Å². The Morgan fingerprint density at radius 3 is 2.80 bits per heavy atom. The van der Waals surface area contributed by atoms with Gasteiger partial charge in [-0.2, -0.15) is 0 Å². The van der Waals surface area contributed by atoms with Crippen molar-refractivity contribution in [3.05, 3.63) is 0 Å². The Hall–Kier alpha value is -0.0800. The minimum Gasteiger partial charge on any atom is -0.316 e. The Bertz CT molecular complexity index is 193. The summed E-state index contributed by atoms with van der Waals surface area (Å²) in [5.41, 5.74) is 0. The van der Waals surface area contributed by atoms with Gasteiger partial charge in [0.15, 0.2) is 0 Å². The van der Waals surface area contributed by atoms with Crippen LogP contribution < -0.4 is 5.32 Å². The predicted octanol–water partition coefficient (Wildman–Crippen LogP) is 2.11. The third-order valence-corrected chi connectivity index (χ3v) is 4.29. The van der Waals surface area contributed by atoms with Crippen LogP contribution in [0.3, 0.4) is 0 Å². The van der Waals surface area contributed by atoms with Crippen molar-refractivity contribution in [1.82, 2.24) is 10.2 Å². The summed E-state index contributed by atoms with van der Waals surface area (Å²) in [4.78, 5) is 2.77. The van der Waals surface area contributed by atoms with E-state index in [9.17, 15) is 0 Å². The van der Waals surface area contributed by atoms with Gasteiger partial charge in [0.25, 0.3) is 0 Å². The minimum absolute atomic E-state index is 0.877. The van der Waals surface area contributed by atoms with E-state index < -0.39 is 0 Å². The summed E-state index contributed by atoms with van der Waals surface area (Å²) in [6.45, 7) is 9.90. The van der Waals surface area contributed by atoms with Crippen molar-refractivity contribution in [2.75, 3.05) is 26.2 Å². The van der Waals surface area contributed by atoms with E-state index in [1.807, 2.05) is 0 Å². The topological polar surface area (TPSA) is 15.3 Å². The van der Waals surface area contributed by atoms with Crippen LogP contribution in [0.5, 0.6) is 0 Å². The molecule has 2 nitrogen and oxygen atoms in total. The first-order valence-corrected chi connectivity index (χ1v) is 6.81. The van der Waals surface area contributed by atoms with Gasteiger partial charge in [0, 0.05) is 12.6 Å². The summed E-state index contributed by atoms with van der Waals surface area (Å²) in [7, 11) is 0. The van der Waals surface area contributed by atoms with Gasteiger partial charge in [-0.15, -0.1) is 0 Å². The van der Waals surface area contributed by atoms with Crippen molar-refractivity contribution >= 4 is 0 Å². The number of nitrogens with zero attached hydrogens (tertiary/aromatic N) is 1. The zero-order valence-electron chi connectivity index (χ0n) is 10.3. The van der Waals surface area contributed by atoms with Crippen molar-refractivity contribution in [3.8, 4) is 0 Å². The smallest absolute Gasteiger partial charge is 0.0137 e. The summed E-state index contributed by atoms with van der Waals surface area (Å²) in [6, 6.07) is 0.877. The van der Waals surface area contributed by atoms with Crippen LogP contribution in [0.2, 0.25) is 0 Å². The van der Waals surface area contributed by atoms with Crippen molar-refractivity contribution in [2.24, 2.45) is 11.8 Å². The molecule has 2 aliphatic rings. The molecule has 88 valence electrons. The van der Waals surface area contributed by atoms with E-state index in [1.165, 1.54) is 51.9 Å². The summed E-state index contributed by atoms with van der Waals surface area (Å²) >= 11 is 0. The Kier molecular flexibility index (Phi) is 4.04. The van der Waals surface area contributed by atoms with Crippen molar-refractivity contribution in [1.29, 1.82) is 0 Å². The van der Waals surface area contributed by atoms with Gasteiger partial charge in [-0.25, -0.2) is 0 Å². The second-order valence-corrected chi connectivity index (χ2v) is 5.26. The molecule has 0 spiro atoms. The van der Waals surface area contributed by atoms with Crippen LogP contribution in [-0.4, -0.2) is 37.1 Å². The molecule has 0 amide bonds. The summed E-state index contributed by atoms with van der Waals surface area (Å²) in [5.74, 6) is 1.91. The van der Waals surface area contributed by atoms with E-state index in [-0.39, 0.29) is 0 Å². The third kappa shape index (κ3) is 2.36. The normalized spacial score (nSPS) is 36.0. The van der Waals surface area contributed by atoms with Crippen molar-refractivity contribution in [3.63, 3.8) is 0 Å². The monoisotopic (exact) mass is 210 g/mol. The quantitative estimate of drug-likeness (QED) is 0.699. The predicted molar refractivity (Wildman–Crippen MR) is 65.0 cm³/mol. The Morgan fingerprint density at radius 2 is 2.07 bits per heavy atom. The molecule has 3 unspecified atom stereocenters. The van der Waals surface area contributed by atoms with Gasteiger partial charge in [0.2, 0.25) is 0 Å². The lowest BCUT2D eigenvalue weighted by atomic mass is 9.93. The second-order valence-electron chi connectivity index (χ2n) is 5.26. The summed E-state index contributed by atoms with van der Waals surface area (Å²) in [6.07, 6.45) is 5.49. The molecule has 0 aromatic heterocycles. The summed E-state index contributed by atoms with van der Waals surface area (Å²) in [5, 5.41) is 3.55. The van der Waals surface area contributed by atoms with Gasteiger partial charge in [0.1, 0.15) is 0 Å². The molecule has 0 bridgehead atoms. The highest BCUT2D eigenvalue weighted by Gasteiger charge is 2.42. The molecule has 0 saturated carbocycles. The number of likely N-dealkylation sites (tertiary alicyclic amines) is 1. The van der Waals surface area contributed by atoms with Gasteiger partial charge < -0.3 is 5.32 Å². The maximum Gasteiger partial charge on any atom is 0.0137 e. The number of nitrogens with one attached hydrogen (secondary N) is 1. The lowest BCUT2D eigenvalue weighted by Crippen LogP contribution is -2.35. The van der Waals surface area contributed by atoms with Crippen LogP contribution >= 0.6 is 0 Å². The SMILES string of the molecule is CCCCCN1CC2CNCC2C1CC. The molecule has 2 rings (SSSR count). The molecule has 0 radical (unpaired) electrons. The van der Waals surface area contributed by atoms with Crippen molar-refractivity contribution in [2.45, 2.75) is 45.6 Å². The van der Waals surface area contributed by atoms with Gasteiger partial charge in [-0.05, 0) is 44.3 Å². The highest BCUT2D eigenvalue weighted by molar-refractivity contribution is 4.97. The fourth-order valence-corrected chi connectivity index (χ4v) is 3.49. The van der Waals surface area contributed by atoms with E-state index in [0.29, 0.717) is 0 Å². The molecule has 2 aliphatic heterocycles. The zero-order chi connectivity index (χ0) is 10.7. The number of hydrogen-bond acceptors (Lipinski definition) is 2. The molecule has 2 fully saturated rings. The zero-order valence-corrected chi connectivity index (χ0v) is 10.3. The first kappa shape index (κ1) is 11.4. The van der Waals surface area contributed by atoms with Crippen LogP contribution in [-0.2, 0) is 0 Å². The second kappa shape index (κ2) is 5.31. The van der Waals surface area contributed by atoms with E-state index in [0.717, 1.165) is 17.9 Å². The molecule has 15 heavy (non-hydrogen) atoms. The summed E-state index contributed by atoms with van der Waals surface area (Å²) < 4.78 is 0.